The maximum Gasteiger partial charge on any atom is 0.339 e. The predicted molar refractivity (Wildman–Crippen MR) is 69.1 cm³/mol. The van der Waals surface area contributed by atoms with E-state index < -0.39 is 18.0 Å². The number of nitrogens with one attached hydrogen (secondary N) is 1. The van der Waals surface area contributed by atoms with Gasteiger partial charge in [-0.1, -0.05) is 5.16 Å². The zero-order chi connectivity index (χ0) is 13.8. The highest BCUT2D eigenvalue weighted by Gasteiger charge is 2.20. The molecule has 0 spiro atoms. The van der Waals surface area contributed by atoms with E-state index in [9.17, 15) is 9.59 Å². The molecule has 2 aromatic heterocycles. The molecule has 0 aromatic carbocycles. The Bertz CT molecular complexity index is 576. The van der Waals surface area contributed by atoms with Gasteiger partial charge < -0.3 is 14.6 Å². The highest BCUT2D eigenvalue weighted by Crippen LogP contribution is 2.11. The second-order valence-electron chi connectivity index (χ2n) is 3.87. The van der Waals surface area contributed by atoms with Crippen LogP contribution in [0.3, 0.4) is 0 Å². The van der Waals surface area contributed by atoms with Crippen LogP contribution in [0.5, 0.6) is 0 Å². The van der Waals surface area contributed by atoms with E-state index in [4.69, 9.17) is 9.26 Å². The maximum absolute atomic E-state index is 11.8. The molecule has 0 unspecified atom stereocenters. The zero-order valence-electron chi connectivity index (χ0n) is 10.4. The third-order valence-corrected chi connectivity index (χ3v) is 2.97. The maximum atomic E-state index is 11.8. The molecule has 0 fully saturated rings. The van der Waals surface area contributed by atoms with E-state index in [2.05, 4.69) is 10.5 Å². The molecular formula is C12H12N2O4S. The topological polar surface area (TPSA) is 81.4 Å². The Morgan fingerprint density at radius 3 is 2.89 bits per heavy atom. The first-order valence-electron chi connectivity index (χ1n) is 5.53. The van der Waals surface area contributed by atoms with Crippen molar-refractivity contribution in [1.29, 1.82) is 0 Å². The van der Waals surface area contributed by atoms with E-state index in [1.807, 2.05) is 0 Å². The quantitative estimate of drug-likeness (QED) is 0.868. The largest absolute Gasteiger partial charge is 0.449 e. The third kappa shape index (κ3) is 3.41. The second-order valence-corrected chi connectivity index (χ2v) is 4.65. The average Bonchev–Trinajstić information content (AvgIpc) is 3.00. The van der Waals surface area contributed by atoms with Gasteiger partial charge in [0.1, 0.15) is 5.76 Å². The number of nitrogens with zero attached hydrogens (tertiary/aromatic N) is 1. The zero-order valence-corrected chi connectivity index (χ0v) is 11.2. The molecule has 2 aromatic rings. The first-order valence-corrected chi connectivity index (χ1v) is 6.48. The number of anilines is 1. The number of rotatable bonds is 4. The predicted octanol–water partition coefficient (Wildman–Crippen LogP) is 2.23. The minimum Gasteiger partial charge on any atom is -0.449 e. The molecule has 0 aliphatic heterocycles. The smallest absolute Gasteiger partial charge is 0.339 e. The summed E-state index contributed by atoms with van der Waals surface area (Å²) in [5, 5.41) is 9.54. The van der Waals surface area contributed by atoms with Crippen LogP contribution in [0.15, 0.2) is 27.4 Å². The number of hydrogen-bond acceptors (Lipinski definition) is 6. The van der Waals surface area contributed by atoms with Crippen LogP contribution >= 0.6 is 11.3 Å². The fraction of sp³-hybridized carbons (Fsp3) is 0.250. The summed E-state index contributed by atoms with van der Waals surface area (Å²) in [5.41, 5.74) is 0.432. The molecule has 1 amide bonds. The Balaban J connectivity index is 1.91. The lowest BCUT2D eigenvalue weighted by atomic mass is 10.3. The van der Waals surface area contributed by atoms with Gasteiger partial charge in [-0.3, -0.25) is 4.79 Å². The van der Waals surface area contributed by atoms with Crippen LogP contribution in [0.1, 0.15) is 23.0 Å². The molecule has 2 heterocycles. The summed E-state index contributed by atoms with van der Waals surface area (Å²) < 4.78 is 9.85. The van der Waals surface area contributed by atoms with Gasteiger partial charge in [0.15, 0.2) is 11.9 Å². The molecule has 100 valence electrons. The van der Waals surface area contributed by atoms with Crippen LogP contribution in [0, 0.1) is 6.92 Å². The molecule has 0 bridgehead atoms. The first-order chi connectivity index (χ1) is 9.06. The van der Waals surface area contributed by atoms with Gasteiger partial charge >= 0.3 is 5.97 Å². The van der Waals surface area contributed by atoms with Crippen molar-refractivity contribution in [3.8, 4) is 0 Å². The van der Waals surface area contributed by atoms with Gasteiger partial charge in [0.05, 0.1) is 5.56 Å². The first kappa shape index (κ1) is 13.3. The average molecular weight is 280 g/mol. The molecule has 0 aliphatic rings. The van der Waals surface area contributed by atoms with Crippen molar-refractivity contribution in [1.82, 2.24) is 5.16 Å². The Hall–Kier alpha value is -2.15. The molecule has 0 saturated carbocycles. The second kappa shape index (κ2) is 5.66. The van der Waals surface area contributed by atoms with Gasteiger partial charge in [-0.25, -0.2) is 4.79 Å². The van der Waals surface area contributed by atoms with Gasteiger partial charge in [-0.05, 0) is 25.3 Å². The lowest BCUT2D eigenvalue weighted by molar-refractivity contribution is -0.123. The summed E-state index contributed by atoms with van der Waals surface area (Å²) in [6.45, 7) is 3.20. The van der Waals surface area contributed by atoms with E-state index in [1.165, 1.54) is 18.3 Å². The molecule has 1 N–H and O–H groups in total. The van der Waals surface area contributed by atoms with Crippen molar-refractivity contribution in [2.75, 3.05) is 5.32 Å². The standard InChI is InChI=1S/C12H12N2O4S/c1-7-5-10(14-18-7)13-11(15)8(2)17-12(16)9-3-4-19-6-9/h3-6,8H,1-2H3,(H,13,14,15)/t8-/m0/s1. The number of carbonyl (C=O) groups is 2. The fourth-order valence-corrected chi connectivity index (χ4v) is 1.94. The highest BCUT2D eigenvalue weighted by atomic mass is 32.1. The van der Waals surface area contributed by atoms with Crippen LogP contribution in [0.25, 0.3) is 0 Å². The summed E-state index contributed by atoms with van der Waals surface area (Å²) >= 11 is 1.38. The van der Waals surface area contributed by atoms with Crippen LogP contribution in [-0.4, -0.2) is 23.1 Å². The van der Waals surface area contributed by atoms with Crippen molar-refractivity contribution < 1.29 is 18.8 Å². The normalized spacial score (nSPS) is 11.9. The minimum absolute atomic E-state index is 0.293. The summed E-state index contributed by atoms with van der Waals surface area (Å²) in [4.78, 5) is 23.4. The number of aryl methyl sites for hydroxylation is 1. The summed E-state index contributed by atoms with van der Waals surface area (Å²) in [5.74, 6) is -0.115. The number of thiophene rings is 1. The van der Waals surface area contributed by atoms with Crippen molar-refractivity contribution in [2.24, 2.45) is 0 Å². The van der Waals surface area contributed by atoms with E-state index in [0.717, 1.165) is 0 Å². The van der Waals surface area contributed by atoms with Crippen LogP contribution < -0.4 is 5.32 Å². The van der Waals surface area contributed by atoms with Crippen LogP contribution in [0.4, 0.5) is 5.82 Å². The van der Waals surface area contributed by atoms with E-state index >= 15 is 0 Å². The Morgan fingerprint density at radius 1 is 1.53 bits per heavy atom. The van der Waals surface area contributed by atoms with Crippen molar-refractivity contribution in [3.05, 3.63) is 34.2 Å². The van der Waals surface area contributed by atoms with Gasteiger partial charge in [-0.15, -0.1) is 0 Å². The lowest BCUT2D eigenvalue weighted by Crippen LogP contribution is -2.30. The molecule has 7 heteroatoms. The Labute approximate surface area is 113 Å². The molecule has 19 heavy (non-hydrogen) atoms. The van der Waals surface area contributed by atoms with Gasteiger partial charge in [-0.2, -0.15) is 11.3 Å². The van der Waals surface area contributed by atoms with E-state index in [-0.39, 0.29) is 0 Å². The van der Waals surface area contributed by atoms with Crippen molar-refractivity contribution >= 4 is 29.0 Å². The number of aromatic nitrogens is 1. The van der Waals surface area contributed by atoms with Crippen LogP contribution in [0.2, 0.25) is 0 Å². The van der Waals surface area contributed by atoms with Crippen LogP contribution in [-0.2, 0) is 9.53 Å². The SMILES string of the molecule is Cc1cc(NC(=O)[C@H](C)OC(=O)c2ccsc2)no1. The number of esters is 1. The number of amides is 1. The van der Waals surface area contributed by atoms with Gasteiger partial charge in [0.25, 0.3) is 5.91 Å². The van der Waals surface area contributed by atoms with E-state index in [0.29, 0.717) is 17.1 Å². The summed E-state index contributed by atoms with van der Waals surface area (Å²) in [6.07, 6.45) is -0.913. The molecule has 6 nitrogen and oxygen atoms in total. The van der Waals surface area contributed by atoms with E-state index in [1.54, 1.807) is 29.8 Å². The minimum atomic E-state index is -0.913. The monoisotopic (exact) mass is 280 g/mol. The number of hydrogen-bond donors (Lipinski definition) is 1. The Kier molecular flexibility index (Phi) is 3.96. The van der Waals surface area contributed by atoms with Gasteiger partial charge in [0.2, 0.25) is 0 Å². The molecule has 0 saturated heterocycles. The number of ether oxygens (including phenoxy) is 1. The molecule has 0 radical (unpaired) electrons. The summed E-state index contributed by atoms with van der Waals surface area (Å²) in [7, 11) is 0. The van der Waals surface area contributed by atoms with Crippen molar-refractivity contribution in [3.63, 3.8) is 0 Å². The fourth-order valence-electron chi connectivity index (χ4n) is 1.32. The highest BCUT2D eigenvalue weighted by molar-refractivity contribution is 7.08. The molecule has 1 atom stereocenters. The third-order valence-electron chi connectivity index (χ3n) is 2.29. The number of carbonyl (C=O) groups excluding carboxylic acids is 2. The van der Waals surface area contributed by atoms with Crippen molar-refractivity contribution in [2.45, 2.75) is 20.0 Å². The molecule has 0 aliphatic carbocycles. The summed E-state index contributed by atoms with van der Waals surface area (Å²) in [6, 6.07) is 3.21. The molecular weight excluding hydrogens is 268 g/mol. The lowest BCUT2D eigenvalue weighted by Gasteiger charge is -2.11. The Morgan fingerprint density at radius 2 is 2.32 bits per heavy atom. The molecule has 2 rings (SSSR count). The van der Waals surface area contributed by atoms with Gasteiger partial charge in [0, 0.05) is 11.4 Å².